The largest absolute Gasteiger partial charge is 0.508 e. The lowest BCUT2D eigenvalue weighted by molar-refractivity contribution is -0.132. The van der Waals surface area contributed by atoms with E-state index in [0.717, 1.165) is 5.69 Å². The standard InChI is InChI=1S/C12H15NO3/c1-3-13(8-9(2)12(15)16)10-5-4-6-11(14)7-10/h4-7,14H,2-3,8H2,1H3,(H,15,16). The van der Waals surface area contributed by atoms with Gasteiger partial charge < -0.3 is 15.1 Å². The Balaban J connectivity index is 2.82. The molecule has 16 heavy (non-hydrogen) atoms. The van der Waals surface area contributed by atoms with Crippen LogP contribution in [0.15, 0.2) is 36.4 Å². The second kappa shape index (κ2) is 5.21. The molecular formula is C12H15NO3. The van der Waals surface area contributed by atoms with E-state index in [2.05, 4.69) is 6.58 Å². The van der Waals surface area contributed by atoms with Crippen LogP contribution in [-0.2, 0) is 4.79 Å². The predicted octanol–water partition coefficient (Wildman–Crippen LogP) is 1.86. The molecule has 0 atom stereocenters. The van der Waals surface area contributed by atoms with Crippen LogP contribution >= 0.6 is 0 Å². The molecule has 86 valence electrons. The van der Waals surface area contributed by atoms with E-state index >= 15 is 0 Å². The van der Waals surface area contributed by atoms with E-state index in [-0.39, 0.29) is 17.9 Å². The minimum Gasteiger partial charge on any atom is -0.508 e. The first-order chi connectivity index (χ1) is 7.54. The van der Waals surface area contributed by atoms with E-state index in [1.807, 2.05) is 17.9 Å². The second-order valence-corrected chi connectivity index (χ2v) is 3.44. The number of hydrogen-bond acceptors (Lipinski definition) is 3. The van der Waals surface area contributed by atoms with Gasteiger partial charge in [0.1, 0.15) is 5.75 Å². The van der Waals surface area contributed by atoms with Crippen LogP contribution in [0, 0.1) is 0 Å². The highest BCUT2D eigenvalue weighted by Crippen LogP contribution is 2.20. The molecule has 0 bridgehead atoms. The highest BCUT2D eigenvalue weighted by molar-refractivity contribution is 5.87. The van der Waals surface area contributed by atoms with Crippen LogP contribution in [0.4, 0.5) is 5.69 Å². The Bertz CT molecular complexity index is 401. The van der Waals surface area contributed by atoms with Crippen molar-refractivity contribution in [1.29, 1.82) is 0 Å². The second-order valence-electron chi connectivity index (χ2n) is 3.44. The number of aromatic hydroxyl groups is 1. The Hall–Kier alpha value is -1.97. The molecule has 1 aromatic carbocycles. The summed E-state index contributed by atoms with van der Waals surface area (Å²) in [6.07, 6.45) is 0. The van der Waals surface area contributed by atoms with E-state index in [9.17, 15) is 9.90 Å². The summed E-state index contributed by atoms with van der Waals surface area (Å²) >= 11 is 0. The van der Waals surface area contributed by atoms with Crippen molar-refractivity contribution in [3.05, 3.63) is 36.4 Å². The van der Waals surface area contributed by atoms with Gasteiger partial charge in [0, 0.05) is 30.4 Å². The van der Waals surface area contributed by atoms with Gasteiger partial charge in [0.2, 0.25) is 0 Å². The lowest BCUT2D eigenvalue weighted by Gasteiger charge is -2.23. The molecule has 1 rings (SSSR count). The molecule has 0 amide bonds. The molecule has 1 aromatic rings. The maximum Gasteiger partial charge on any atom is 0.332 e. The van der Waals surface area contributed by atoms with Gasteiger partial charge in [0.05, 0.1) is 0 Å². The van der Waals surface area contributed by atoms with Crippen molar-refractivity contribution in [3.63, 3.8) is 0 Å². The average molecular weight is 221 g/mol. The van der Waals surface area contributed by atoms with E-state index in [0.29, 0.717) is 6.54 Å². The van der Waals surface area contributed by atoms with Gasteiger partial charge in [-0.3, -0.25) is 0 Å². The lowest BCUT2D eigenvalue weighted by atomic mass is 10.2. The highest BCUT2D eigenvalue weighted by atomic mass is 16.4. The number of carbonyl (C=O) groups is 1. The molecule has 0 fully saturated rings. The topological polar surface area (TPSA) is 60.8 Å². The van der Waals surface area contributed by atoms with Crippen LogP contribution in [0.25, 0.3) is 0 Å². The first kappa shape index (κ1) is 12.1. The Morgan fingerprint density at radius 3 is 2.69 bits per heavy atom. The monoisotopic (exact) mass is 221 g/mol. The van der Waals surface area contributed by atoms with Crippen molar-refractivity contribution in [2.75, 3.05) is 18.0 Å². The number of nitrogens with zero attached hydrogens (tertiary/aromatic N) is 1. The number of carboxylic acids is 1. The zero-order valence-electron chi connectivity index (χ0n) is 9.18. The van der Waals surface area contributed by atoms with Crippen molar-refractivity contribution < 1.29 is 15.0 Å². The van der Waals surface area contributed by atoms with Crippen LogP contribution < -0.4 is 4.90 Å². The normalized spacial score (nSPS) is 9.81. The molecule has 0 saturated carbocycles. The SMILES string of the molecule is C=C(CN(CC)c1cccc(O)c1)C(=O)O. The molecule has 0 heterocycles. The number of aliphatic carboxylic acids is 1. The summed E-state index contributed by atoms with van der Waals surface area (Å²) in [5, 5.41) is 18.1. The summed E-state index contributed by atoms with van der Waals surface area (Å²) in [6.45, 7) is 6.30. The maximum absolute atomic E-state index is 10.7. The van der Waals surface area contributed by atoms with E-state index in [1.165, 1.54) is 0 Å². The van der Waals surface area contributed by atoms with Gasteiger partial charge in [-0.1, -0.05) is 12.6 Å². The molecule has 0 spiro atoms. The fourth-order valence-electron chi connectivity index (χ4n) is 1.37. The predicted molar refractivity (Wildman–Crippen MR) is 62.8 cm³/mol. The van der Waals surface area contributed by atoms with Crippen LogP contribution in [0.5, 0.6) is 5.75 Å². The van der Waals surface area contributed by atoms with Gasteiger partial charge in [0.15, 0.2) is 0 Å². The fraction of sp³-hybridized carbons (Fsp3) is 0.250. The highest BCUT2D eigenvalue weighted by Gasteiger charge is 2.10. The van der Waals surface area contributed by atoms with Crippen LogP contribution in [-0.4, -0.2) is 29.3 Å². The number of likely N-dealkylation sites (N-methyl/N-ethyl adjacent to an activating group) is 1. The van der Waals surface area contributed by atoms with Gasteiger partial charge in [0.25, 0.3) is 0 Å². The third kappa shape index (κ3) is 3.02. The van der Waals surface area contributed by atoms with Crippen LogP contribution in [0.3, 0.4) is 0 Å². The van der Waals surface area contributed by atoms with Gasteiger partial charge in [-0.05, 0) is 19.1 Å². The Morgan fingerprint density at radius 1 is 1.50 bits per heavy atom. The smallest absolute Gasteiger partial charge is 0.332 e. The molecule has 0 aromatic heterocycles. The van der Waals surface area contributed by atoms with Crippen molar-refractivity contribution in [2.24, 2.45) is 0 Å². The molecule has 2 N–H and O–H groups in total. The van der Waals surface area contributed by atoms with E-state index < -0.39 is 5.97 Å². The molecular weight excluding hydrogens is 206 g/mol. The molecule has 0 aliphatic carbocycles. The number of anilines is 1. The Labute approximate surface area is 94.4 Å². The minimum absolute atomic E-state index is 0.130. The summed E-state index contributed by atoms with van der Waals surface area (Å²) < 4.78 is 0. The molecule has 4 heteroatoms. The number of phenolic OH excluding ortho intramolecular Hbond substituents is 1. The number of rotatable bonds is 5. The quantitative estimate of drug-likeness (QED) is 0.745. The molecule has 0 radical (unpaired) electrons. The van der Waals surface area contributed by atoms with Gasteiger partial charge >= 0.3 is 5.97 Å². The summed E-state index contributed by atoms with van der Waals surface area (Å²) in [5.41, 5.74) is 0.912. The van der Waals surface area contributed by atoms with Crippen molar-refractivity contribution >= 4 is 11.7 Å². The zero-order chi connectivity index (χ0) is 12.1. The number of benzene rings is 1. The van der Waals surface area contributed by atoms with Crippen LogP contribution in [0.1, 0.15) is 6.92 Å². The first-order valence-electron chi connectivity index (χ1n) is 4.99. The summed E-state index contributed by atoms with van der Waals surface area (Å²) in [4.78, 5) is 12.5. The number of hydrogen-bond donors (Lipinski definition) is 2. The number of phenols is 1. The fourth-order valence-corrected chi connectivity index (χ4v) is 1.37. The zero-order valence-corrected chi connectivity index (χ0v) is 9.18. The average Bonchev–Trinajstić information content (AvgIpc) is 2.25. The van der Waals surface area contributed by atoms with Gasteiger partial charge in [-0.15, -0.1) is 0 Å². The Morgan fingerprint density at radius 2 is 2.19 bits per heavy atom. The van der Waals surface area contributed by atoms with E-state index in [4.69, 9.17) is 5.11 Å². The molecule has 0 saturated heterocycles. The summed E-state index contributed by atoms with van der Waals surface area (Å²) in [5.74, 6) is -0.838. The van der Waals surface area contributed by atoms with Crippen molar-refractivity contribution in [3.8, 4) is 5.75 Å². The number of carboxylic acid groups (broad SMARTS) is 1. The Kier molecular flexibility index (Phi) is 3.94. The van der Waals surface area contributed by atoms with Crippen molar-refractivity contribution in [1.82, 2.24) is 0 Å². The molecule has 0 aliphatic heterocycles. The third-order valence-corrected chi connectivity index (χ3v) is 2.26. The molecule has 0 unspecified atom stereocenters. The van der Waals surface area contributed by atoms with Gasteiger partial charge in [-0.2, -0.15) is 0 Å². The van der Waals surface area contributed by atoms with Crippen LogP contribution in [0.2, 0.25) is 0 Å². The maximum atomic E-state index is 10.7. The molecule has 4 nitrogen and oxygen atoms in total. The third-order valence-electron chi connectivity index (χ3n) is 2.26. The molecule has 0 aliphatic rings. The first-order valence-corrected chi connectivity index (χ1v) is 4.99. The minimum atomic E-state index is -1.00. The summed E-state index contributed by atoms with van der Waals surface area (Å²) in [6, 6.07) is 6.71. The van der Waals surface area contributed by atoms with E-state index in [1.54, 1.807) is 18.2 Å². The summed E-state index contributed by atoms with van der Waals surface area (Å²) in [7, 11) is 0. The lowest BCUT2D eigenvalue weighted by Crippen LogP contribution is -2.27. The van der Waals surface area contributed by atoms with Crippen molar-refractivity contribution in [2.45, 2.75) is 6.92 Å². The van der Waals surface area contributed by atoms with Gasteiger partial charge in [-0.25, -0.2) is 4.79 Å².